The summed E-state index contributed by atoms with van der Waals surface area (Å²) < 4.78 is 0. The fraction of sp³-hybridized carbons (Fsp3) is 0.900. The van der Waals surface area contributed by atoms with Gasteiger partial charge in [-0.2, -0.15) is 0 Å². The molecule has 2 unspecified atom stereocenters. The van der Waals surface area contributed by atoms with Crippen molar-refractivity contribution in [1.82, 2.24) is 0 Å². The Morgan fingerprint density at radius 3 is 1.25 bits per heavy atom. The van der Waals surface area contributed by atoms with E-state index in [0.29, 0.717) is 0 Å². The number of rotatable bonds is 4. The van der Waals surface area contributed by atoms with E-state index >= 15 is 0 Å². The predicted molar refractivity (Wildman–Crippen MR) is 91.6 cm³/mol. The number of hydrogen-bond donors (Lipinski definition) is 2. The standard InChI is InChI=1S/C20H32O4/c21-19(22)15-8-4-13(5-9-15)17-2-1-3-18(12-17)14-6-10-16(11-7-14)20(23)24/h13-18H,1-12H2,(H,21,22)(H,23,24). The van der Waals surface area contributed by atoms with E-state index in [1.807, 2.05) is 0 Å². The second-order valence-corrected chi connectivity index (χ2v) is 8.59. The second kappa shape index (κ2) is 7.88. The minimum Gasteiger partial charge on any atom is -0.481 e. The van der Waals surface area contributed by atoms with Crippen LogP contribution in [0.2, 0.25) is 0 Å². The summed E-state index contributed by atoms with van der Waals surface area (Å²) in [4.78, 5) is 22.3. The zero-order valence-corrected chi connectivity index (χ0v) is 14.7. The van der Waals surface area contributed by atoms with Crippen molar-refractivity contribution in [2.45, 2.75) is 77.0 Å². The van der Waals surface area contributed by atoms with Gasteiger partial charge in [0.25, 0.3) is 0 Å². The van der Waals surface area contributed by atoms with E-state index in [2.05, 4.69) is 0 Å². The van der Waals surface area contributed by atoms with Gasteiger partial charge in [-0.1, -0.05) is 19.3 Å². The Labute approximate surface area is 145 Å². The molecule has 4 heteroatoms. The van der Waals surface area contributed by atoms with Crippen molar-refractivity contribution in [3.8, 4) is 0 Å². The molecule has 0 aromatic heterocycles. The molecule has 0 aromatic rings. The molecule has 0 radical (unpaired) electrons. The summed E-state index contributed by atoms with van der Waals surface area (Å²) >= 11 is 0. The van der Waals surface area contributed by atoms with Crippen molar-refractivity contribution in [3.05, 3.63) is 0 Å². The zero-order chi connectivity index (χ0) is 17.1. The lowest BCUT2D eigenvalue weighted by Gasteiger charge is -2.41. The molecule has 3 aliphatic carbocycles. The van der Waals surface area contributed by atoms with Crippen LogP contribution in [0.4, 0.5) is 0 Å². The maximum absolute atomic E-state index is 11.1. The third kappa shape index (κ3) is 4.12. The normalized spacial score (nSPS) is 40.8. The summed E-state index contributed by atoms with van der Waals surface area (Å²) in [6, 6.07) is 0. The van der Waals surface area contributed by atoms with Crippen molar-refractivity contribution in [2.75, 3.05) is 0 Å². The molecule has 4 nitrogen and oxygen atoms in total. The van der Waals surface area contributed by atoms with Crippen molar-refractivity contribution >= 4 is 11.9 Å². The third-order valence-electron chi connectivity index (χ3n) is 7.33. The third-order valence-corrected chi connectivity index (χ3v) is 7.33. The molecule has 0 saturated heterocycles. The van der Waals surface area contributed by atoms with Crippen LogP contribution < -0.4 is 0 Å². The van der Waals surface area contributed by atoms with Crippen LogP contribution in [0.5, 0.6) is 0 Å². The average Bonchev–Trinajstić information content (AvgIpc) is 2.62. The van der Waals surface area contributed by atoms with Gasteiger partial charge in [0.05, 0.1) is 11.8 Å². The predicted octanol–water partition coefficient (Wildman–Crippen LogP) is 4.57. The molecular weight excluding hydrogens is 304 g/mol. The van der Waals surface area contributed by atoms with Gasteiger partial charge < -0.3 is 10.2 Å². The van der Waals surface area contributed by atoms with E-state index in [0.717, 1.165) is 75.0 Å². The Hall–Kier alpha value is -1.06. The lowest BCUT2D eigenvalue weighted by atomic mass is 9.64. The van der Waals surface area contributed by atoms with Gasteiger partial charge in [0, 0.05) is 0 Å². The van der Waals surface area contributed by atoms with Gasteiger partial charge in [-0.25, -0.2) is 0 Å². The van der Waals surface area contributed by atoms with Gasteiger partial charge in [-0.05, 0) is 81.5 Å². The molecule has 2 atom stereocenters. The molecule has 3 saturated carbocycles. The highest BCUT2D eigenvalue weighted by Crippen LogP contribution is 2.46. The zero-order valence-electron chi connectivity index (χ0n) is 14.7. The van der Waals surface area contributed by atoms with Crippen LogP contribution in [0.3, 0.4) is 0 Å². The molecule has 3 rings (SSSR count). The fourth-order valence-electron chi connectivity index (χ4n) is 5.80. The number of carboxylic acids is 2. The Kier molecular flexibility index (Phi) is 5.83. The lowest BCUT2D eigenvalue weighted by Crippen LogP contribution is -2.32. The molecule has 0 amide bonds. The summed E-state index contributed by atoms with van der Waals surface area (Å²) in [6.45, 7) is 0. The summed E-state index contributed by atoms with van der Waals surface area (Å²) in [5, 5.41) is 18.3. The van der Waals surface area contributed by atoms with E-state index in [-0.39, 0.29) is 11.8 Å². The maximum atomic E-state index is 11.1. The quantitative estimate of drug-likeness (QED) is 0.788. The van der Waals surface area contributed by atoms with Crippen LogP contribution in [-0.4, -0.2) is 22.2 Å². The number of aliphatic carboxylic acids is 2. The van der Waals surface area contributed by atoms with Crippen molar-refractivity contribution < 1.29 is 19.8 Å². The van der Waals surface area contributed by atoms with Gasteiger partial charge in [-0.3, -0.25) is 9.59 Å². The van der Waals surface area contributed by atoms with Crippen LogP contribution in [0.15, 0.2) is 0 Å². The van der Waals surface area contributed by atoms with Gasteiger partial charge in [0.1, 0.15) is 0 Å². The first kappa shape index (κ1) is 17.8. The monoisotopic (exact) mass is 336 g/mol. The van der Waals surface area contributed by atoms with E-state index in [9.17, 15) is 9.59 Å². The van der Waals surface area contributed by atoms with Crippen LogP contribution >= 0.6 is 0 Å². The van der Waals surface area contributed by atoms with Crippen molar-refractivity contribution in [1.29, 1.82) is 0 Å². The molecule has 0 spiro atoms. The Balaban J connectivity index is 1.48. The van der Waals surface area contributed by atoms with E-state index in [1.54, 1.807) is 0 Å². The Bertz CT molecular complexity index is 405. The van der Waals surface area contributed by atoms with Gasteiger partial charge >= 0.3 is 11.9 Å². The molecule has 0 aromatic carbocycles. The maximum Gasteiger partial charge on any atom is 0.306 e. The van der Waals surface area contributed by atoms with E-state index < -0.39 is 11.9 Å². The minimum absolute atomic E-state index is 0.105. The summed E-state index contributed by atoms with van der Waals surface area (Å²) in [5.74, 6) is 1.62. The van der Waals surface area contributed by atoms with Crippen LogP contribution in [0, 0.1) is 35.5 Å². The first-order valence-electron chi connectivity index (χ1n) is 10.00. The fourth-order valence-corrected chi connectivity index (χ4v) is 5.80. The highest BCUT2D eigenvalue weighted by atomic mass is 16.4. The topological polar surface area (TPSA) is 74.6 Å². The summed E-state index contributed by atoms with van der Waals surface area (Å²) in [5.41, 5.74) is 0. The van der Waals surface area contributed by atoms with Crippen LogP contribution in [0.1, 0.15) is 77.0 Å². The first-order chi connectivity index (χ1) is 11.5. The molecular formula is C20H32O4. The van der Waals surface area contributed by atoms with Gasteiger partial charge in [0.2, 0.25) is 0 Å². The summed E-state index contributed by atoms with van der Waals surface area (Å²) in [6.07, 6.45) is 13.1. The van der Waals surface area contributed by atoms with Gasteiger partial charge in [-0.15, -0.1) is 0 Å². The van der Waals surface area contributed by atoms with Gasteiger partial charge in [0.15, 0.2) is 0 Å². The molecule has 0 aliphatic heterocycles. The Morgan fingerprint density at radius 1 is 0.542 bits per heavy atom. The first-order valence-corrected chi connectivity index (χ1v) is 10.00. The van der Waals surface area contributed by atoms with Crippen molar-refractivity contribution in [3.63, 3.8) is 0 Å². The summed E-state index contributed by atoms with van der Waals surface area (Å²) in [7, 11) is 0. The molecule has 0 heterocycles. The molecule has 2 N–H and O–H groups in total. The lowest BCUT2D eigenvalue weighted by molar-refractivity contribution is -0.144. The SMILES string of the molecule is O=C(O)C1CCC(C2CCCC(C3CCC(C(=O)O)CC3)C2)CC1. The molecule has 3 fully saturated rings. The molecule has 136 valence electrons. The number of carbonyl (C=O) groups is 2. The van der Waals surface area contributed by atoms with E-state index in [1.165, 1.54) is 25.7 Å². The van der Waals surface area contributed by atoms with Crippen LogP contribution in [0.25, 0.3) is 0 Å². The molecule has 0 bridgehead atoms. The smallest absolute Gasteiger partial charge is 0.306 e. The van der Waals surface area contributed by atoms with Crippen LogP contribution in [-0.2, 0) is 9.59 Å². The minimum atomic E-state index is -0.606. The second-order valence-electron chi connectivity index (χ2n) is 8.59. The average molecular weight is 336 g/mol. The Morgan fingerprint density at radius 2 is 0.917 bits per heavy atom. The molecule has 24 heavy (non-hydrogen) atoms. The van der Waals surface area contributed by atoms with Crippen molar-refractivity contribution in [2.24, 2.45) is 35.5 Å². The highest BCUT2D eigenvalue weighted by molar-refractivity contribution is 5.70. The highest BCUT2D eigenvalue weighted by Gasteiger charge is 2.37. The number of carboxylic acid groups (broad SMARTS) is 2. The molecule has 3 aliphatic rings. The largest absolute Gasteiger partial charge is 0.481 e. The number of hydrogen-bond acceptors (Lipinski definition) is 2. The van der Waals surface area contributed by atoms with E-state index in [4.69, 9.17) is 10.2 Å².